The number of thiophene rings is 1. The largest absolute Gasteiger partial charge is 0.478 e. The third kappa shape index (κ3) is 5.24. The van der Waals surface area contributed by atoms with E-state index in [1.807, 2.05) is 17.5 Å². The van der Waals surface area contributed by atoms with Crippen molar-refractivity contribution in [2.24, 2.45) is 0 Å². The minimum absolute atomic E-state index is 0.0442. The number of hydrogen-bond donors (Lipinski definition) is 2. The summed E-state index contributed by atoms with van der Waals surface area (Å²) in [6.07, 6.45) is 0.836. The molecule has 0 saturated heterocycles. The monoisotopic (exact) mass is 321 g/mol. The number of carboxylic acid groups (broad SMARTS) is 1. The van der Waals surface area contributed by atoms with Crippen molar-refractivity contribution in [3.8, 4) is 0 Å². The van der Waals surface area contributed by atoms with E-state index in [1.54, 1.807) is 29.5 Å². The Labute approximate surface area is 131 Å². The van der Waals surface area contributed by atoms with Crippen LogP contribution in [0.1, 0.15) is 15.2 Å². The van der Waals surface area contributed by atoms with Crippen molar-refractivity contribution in [2.75, 3.05) is 12.3 Å². The molecule has 0 fully saturated rings. The Bertz CT molecular complexity index is 611. The zero-order chi connectivity index (χ0) is 15.1. The standard InChI is InChI=1S/C15H15NO3S2/c17-14(16-7-6-12-5-2-8-20-12)10-21-13-4-1-3-11(9-13)15(18)19/h1-5,8-9H,6-7,10H2,(H,16,17)(H,18,19). The second-order valence-electron chi connectivity index (χ2n) is 4.30. The van der Waals surface area contributed by atoms with E-state index in [9.17, 15) is 9.59 Å². The third-order valence-electron chi connectivity index (χ3n) is 2.72. The van der Waals surface area contributed by atoms with Crippen molar-refractivity contribution in [3.05, 3.63) is 52.2 Å². The van der Waals surface area contributed by atoms with Gasteiger partial charge in [-0.3, -0.25) is 4.79 Å². The first-order chi connectivity index (χ1) is 10.1. The maximum atomic E-state index is 11.7. The number of amides is 1. The minimum Gasteiger partial charge on any atom is -0.478 e. The molecular formula is C15H15NO3S2. The van der Waals surface area contributed by atoms with Crippen LogP contribution in [-0.4, -0.2) is 29.3 Å². The molecule has 0 aliphatic rings. The molecule has 0 unspecified atom stereocenters. The molecular weight excluding hydrogens is 306 g/mol. The van der Waals surface area contributed by atoms with Crippen molar-refractivity contribution in [1.29, 1.82) is 0 Å². The Kier molecular flexibility index (Phi) is 5.83. The quantitative estimate of drug-likeness (QED) is 0.770. The van der Waals surface area contributed by atoms with Crippen LogP contribution < -0.4 is 5.32 Å². The number of carbonyl (C=O) groups excluding carboxylic acids is 1. The molecule has 1 heterocycles. The van der Waals surface area contributed by atoms with Crippen LogP contribution in [0.2, 0.25) is 0 Å². The summed E-state index contributed by atoms with van der Waals surface area (Å²) in [5.74, 6) is -0.719. The number of carboxylic acids is 1. The van der Waals surface area contributed by atoms with E-state index in [4.69, 9.17) is 5.11 Å². The number of carbonyl (C=O) groups is 2. The summed E-state index contributed by atoms with van der Waals surface area (Å²) in [5, 5.41) is 13.8. The molecule has 0 saturated carbocycles. The highest BCUT2D eigenvalue weighted by atomic mass is 32.2. The number of hydrogen-bond acceptors (Lipinski definition) is 4. The van der Waals surface area contributed by atoms with Crippen LogP contribution in [0.15, 0.2) is 46.7 Å². The molecule has 2 N–H and O–H groups in total. The normalized spacial score (nSPS) is 10.3. The van der Waals surface area contributed by atoms with Crippen LogP contribution in [0.25, 0.3) is 0 Å². The smallest absolute Gasteiger partial charge is 0.335 e. The van der Waals surface area contributed by atoms with E-state index in [0.717, 1.165) is 11.3 Å². The maximum absolute atomic E-state index is 11.7. The van der Waals surface area contributed by atoms with Gasteiger partial charge in [0.15, 0.2) is 0 Å². The van der Waals surface area contributed by atoms with Crippen molar-refractivity contribution >= 4 is 35.0 Å². The number of nitrogens with one attached hydrogen (secondary N) is 1. The summed E-state index contributed by atoms with van der Waals surface area (Å²) < 4.78 is 0. The van der Waals surface area contributed by atoms with Gasteiger partial charge in [0.2, 0.25) is 5.91 Å². The highest BCUT2D eigenvalue weighted by Gasteiger charge is 2.06. The average molecular weight is 321 g/mol. The predicted octanol–water partition coefficient (Wildman–Crippen LogP) is 2.90. The first-order valence-electron chi connectivity index (χ1n) is 6.40. The summed E-state index contributed by atoms with van der Waals surface area (Å²) >= 11 is 3.01. The molecule has 110 valence electrons. The van der Waals surface area contributed by atoms with Crippen molar-refractivity contribution < 1.29 is 14.7 Å². The third-order valence-corrected chi connectivity index (χ3v) is 4.65. The molecule has 0 spiro atoms. The van der Waals surface area contributed by atoms with Crippen molar-refractivity contribution in [3.63, 3.8) is 0 Å². The van der Waals surface area contributed by atoms with E-state index >= 15 is 0 Å². The molecule has 21 heavy (non-hydrogen) atoms. The number of rotatable bonds is 7. The Hall–Kier alpha value is -1.79. The second-order valence-corrected chi connectivity index (χ2v) is 6.38. The number of thioether (sulfide) groups is 1. The zero-order valence-electron chi connectivity index (χ0n) is 11.2. The summed E-state index contributed by atoms with van der Waals surface area (Å²) in [5.41, 5.74) is 0.234. The van der Waals surface area contributed by atoms with Crippen LogP contribution in [0, 0.1) is 0 Å². The highest BCUT2D eigenvalue weighted by Crippen LogP contribution is 2.19. The molecule has 0 aliphatic heterocycles. The van der Waals surface area contributed by atoms with E-state index in [-0.39, 0.29) is 17.2 Å². The van der Waals surface area contributed by atoms with E-state index in [2.05, 4.69) is 5.32 Å². The summed E-state index contributed by atoms with van der Waals surface area (Å²) in [7, 11) is 0. The molecule has 0 atom stereocenters. The number of benzene rings is 1. The van der Waals surface area contributed by atoms with Crippen molar-refractivity contribution in [2.45, 2.75) is 11.3 Å². The van der Waals surface area contributed by atoms with E-state index in [1.165, 1.54) is 22.7 Å². The first-order valence-corrected chi connectivity index (χ1v) is 8.27. The van der Waals surface area contributed by atoms with Gasteiger partial charge < -0.3 is 10.4 Å². The maximum Gasteiger partial charge on any atom is 0.335 e. The zero-order valence-corrected chi connectivity index (χ0v) is 12.9. The predicted molar refractivity (Wildman–Crippen MR) is 85.2 cm³/mol. The molecule has 1 aromatic heterocycles. The molecule has 0 bridgehead atoms. The van der Waals surface area contributed by atoms with Gasteiger partial charge in [0, 0.05) is 16.3 Å². The SMILES string of the molecule is O=C(CSc1cccc(C(=O)O)c1)NCCc1cccs1. The fourth-order valence-corrected chi connectivity index (χ4v) is 3.19. The first kappa shape index (κ1) is 15.6. The topological polar surface area (TPSA) is 66.4 Å². The van der Waals surface area contributed by atoms with Crippen molar-refractivity contribution in [1.82, 2.24) is 5.32 Å². The summed E-state index contributed by atoms with van der Waals surface area (Å²) in [6.45, 7) is 0.620. The van der Waals surface area contributed by atoms with Gasteiger partial charge in [0.25, 0.3) is 0 Å². The molecule has 1 amide bonds. The summed E-state index contributed by atoms with van der Waals surface area (Å²) in [4.78, 5) is 24.6. The number of aromatic carboxylic acids is 1. The molecule has 2 rings (SSSR count). The van der Waals surface area contributed by atoms with Crippen LogP contribution in [0.3, 0.4) is 0 Å². The van der Waals surface area contributed by atoms with Gasteiger partial charge in [-0.25, -0.2) is 4.79 Å². The van der Waals surface area contributed by atoms with Gasteiger partial charge >= 0.3 is 5.97 Å². The molecule has 2 aromatic rings. The van der Waals surface area contributed by atoms with Gasteiger partial charge in [0.05, 0.1) is 11.3 Å². The molecule has 0 radical (unpaired) electrons. The average Bonchev–Trinajstić information content (AvgIpc) is 2.99. The Balaban J connectivity index is 1.73. The second kappa shape index (κ2) is 7.85. The Morgan fingerprint density at radius 1 is 1.24 bits per heavy atom. The van der Waals surface area contributed by atoms with Gasteiger partial charge in [-0.2, -0.15) is 0 Å². The molecule has 0 aliphatic carbocycles. The molecule has 6 heteroatoms. The Morgan fingerprint density at radius 3 is 2.81 bits per heavy atom. The molecule has 4 nitrogen and oxygen atoms in total. The van der Waals surface area contributed by atoms with Gasteiger partial charge in [-0.15, -0.1) is 23.1 Å². The van der Waals surface area contributed by atoms with Crippen LogP contribution in [-0.2, 0) is 11.2 Å². The van der Waals surface area contributed by atoms with Crippen LogP contribution in [0.4, 0.5) is 0 Å². The lowest BCUT2D eigenvalue weighted by Gasteiger charge is -2.05. The Morgan fingerprint density at radius 2 is 2.10 bits per heavy atom. The van der Waals surface area contributed by atoms with E-state index in [0.29, 0.717) is 6.54 Å². The lowest BCUT2D eigenvalue weighted by Crippen LogP contribution is -2.27. The van der Waals surface area contributed by atoms with E-state index < -0.39 is 5.97 Å². The highest BCUT2D eigenvalue weighted by molar-refractivity contribution is 8.00. The lowest BCUT2D eigenvalue weighted by molar-refractivity contribution is -0.118. The van der Waals surface area contributed by atoms with Crippen LogP contribution in [0.5, 0.6) is 0 Å². The van der Waals surface area contributed by atoms with Crippen LogP contribution >= 0.6 is 23.1 Å². The van der Waals surface area contributed by atoms with Gasteiger partial charge in [0.1, 0.15) is 0 Å². The van der Waals surface area contributed by atoms with Gasteiger partial charge in [-0.1, -0.05) is 12.1 Å². The van der Waals surface area contributed by atoms with Gasteiger partial charge in [-0.05, 0) is 36.1 Å². The fourth-order valence-electron chi connectivity index (χ4n) is 1.70. The minimum atomic E-state index is -0.960. The molecule has 1 aromatic carbocycles. The summed E-state index contributed by atoms with van der Waals surface area (Å²) in [6, 6.07) is 10.6. The lowest BCUT2D eigenvalue weighted by atomic mass is 10.2. The fraction of sp³-hybridized carbons (Fsp3) is 0.200.